The van der Waals surface area contributed by atoms with E-state index in [2.05, 4.69) is 6.58 Å². The van der Waals surface area contributed by atoms with E-state index in [9.17, 15) is 9.59 Å². The number of hydrogen-bond donors (Lipinski definition) is 0. The van der Waals surface area contributed by atoms with E-state index in [1.807, 2.05) is 6.92 Å². The number of imide groups is 1. The molecule has 0 bridgehead atoms. The highest BCUT2D eigenvalue weighted by atomic mass is 32.2. The largest absolute Gasteiger partial charge is 0.278 e. The first-order valence-corrected chi connectivity index (χ1v) is 5.32. The highest BCUT2D eigenvalue weighted by molar-refractivity contribution is 8.00. The first-order valence-electron chi connectivity index (χ1n) is 4.27. The van der Waals surface area contributed by atoms with Gasteiger partial charge in [-0.3, -0.25) is 14.5 Å². The molecule has 1 atom stereocenters. The second-order valence-corrected chi connectivity index (χ2v) is 4.26. The molecule has 3 nitrogen and oxygen atoms in total. The molecular weight excluding hydrogens is 186 g/mol. The van der Waals surface area contributed by atoms with Crippen LogP contribution in [0.15, 0.2) is 12.7 Å². The van der Waals surface area contributed by atoms with E-state index < -0.39 is 0 Å². The van der Waals surface area contributed by atoms with Crippen LogP contribution in [0.1, 0.15) is 13.3 Å². The van der Waals surface area contributed by atoms with Crippen LogP contribution in [-0.4, -0.2) is 34.3 Å². The quantitative estimate of drug-likeness (QED) is 0.502. The third kappa shape index (κ3) is 2.12. The molecule has 0 saturated carbocycles. The molecule has 4 heteroatoms. The summed E-state index contributed by atoms with van der Waals surface area (Å²) in [6, 6.07) is 0. The first kappa shape index (κ1) is 10.3. The van der Waals surface area contributed by atoms with Gasteiger partial charge >= 0.3 is 0 Å². The van der Waals surface area contributed by atoms with Crippen LogP contribution in [0.2, 0.25) is 0 Å². The SMILES string of the molecule is C=CCN1C(=O)CC(SCC)C1=O. The zero-order valence-corrected chi connectivity index (χ0v) is 8.47. The van der Waals surface area contributed by atoms with Gasteiger partial charge in [-0.25, -0.2) is 0 Å². The lowest BCUT2D eigenvalue weighted by Crippen LogP contribution is -2.31. The summed E-state index contributed by atoms with van der Waals surface area (Å²) in [6.07, 6.45) is 1.93. The Labute approximate surface area is 82.2 Å². The van der Waals surface area contributed by atoms with Crippen LogP contribution in [0.5, 0.6) is 0 Å². The number of hydrogen-bond acceptors (Lipinski definition) is 3. The molecule has 0 aromatic heterocycles. The molecule has 1 aliphatic heterocycles. The van der Waals surface area contributed by atoms with Gasteiger partial charge in [-0.05, 0) is 5.75 Å². The Hall–Kier alpha value is -0.770. The lowest BCUT2D eigenvalue weighted by atomic mass is 10.4. The van der Waals surface area contributed by atoms with Gasteiger partial charge in [0.1, 0.15) is 0 Å². The fourth-order valence-corrected chi connectivity index (χ4v) is 2.24. The van der Waals surface area contributed by atoms with E-state index in [0.717, 1.165) is 5.75 Å². The van der Waals surface area contributed by atoms with Gasteiger partial charge < -0.3 is 0 Å². The van der Waals surface area contributed by atoms with Crippen molar-refractivity contribution in [1.29, 1.82) is 0 Å². The van der Waals surface area contributed by atoms with Gasteiger partial charge in [-0.1, -0.05) is 13.0 Å². The molecule has 0 radical (unpaired) electrons. The van der Waals surface area contributed by atoms with E-state index in [4.69, 9.17) is 0 Å². The molecule has 0 spiro atoms. The van der Waals surface area contributed by atoms with Crippen LogP contribution in [-0.2, 0) is 9.59 Å². The minimum Gasteiger partial charge on any atom is -0.278 e. The Morgan fingerprint density at radius 2 is 2.38 bits per heavy atom. The van der Waals surface area contributed by atoms with Crippen LogP contribution in [0, 0.1) is 0 Å². The van der Waals surface area contributed by atoms with E-state index >= 15 is 0 Å². The van der Waals surface area contributed by atoms with Gasteiger partial charge in [0.2, 0.25) is 11.8 Å². The Morgan fingerprint density at radius 3 is 2.92 bits per heavy atom. The van der Waals surface area contributed by atoms with Crippen LogP contribution >= 0.6 is 11.8 Å². The van der Waals surface area contributed by atoms with Crippen molar-refractivity contribution < 1.29 is 9.59 Å². The molecule has 0 aromatic carbocycles. The number of thioether (sulfide) groups is 1. The maximum atomic E-state index is 11.5. The van der Waals surface area contributed by atoms with Gasteiger partial charge in [-0.15, -0.1) is 18.3 Å². The lowest BCUT2D eigenvalue weighted by molar-refractivity contribution is -0.137. The number of carbonyl (C=O) groups is 2. The van der Waals surface area contributed by atoms with Crippen LogP contribution < -0.4 is 0 Å². The van der Waals surface area contributed by atoms with Crippen LogP contribution in [0.25, 0.3) is 0 Å². The first-order chi connectivity index (χ1) is 6.20. The van der Waals surface area contributed by atoms with Crippen molar-refractivity contribution in [3.8, 4) is 0 Å². The van der Waals surface area contributed by atoms with Crippen LogP contribution in [0.3, 0.4) is 0 Å². The summed E-state index contributed by atoms with van der Waals surface area (Å²) >= 11 is 1.53. The Kier molecular flexibility index (Phi) is 3.54. The molecule has 1 saturated heterocycles. The van der Waals surface area contributed by atoms with Gasteiger partial charge in [-0.2, -0.15) is 0 Å². The molecule has 0 aromatic rings. The Bertz CT molecular complexity index is 240. The average Bonchev–Trinajstić information content (AvgIpc) is 2.34. The third-order valence-electron chi connectivity index (χ3n) is 1.88. The number of nitrogens with zero attached hydrogens (tertiary/aromatic N) is 1. The Balaban J connectivity index is 2.63. The van der Waals surface area contributed by atoms with Gasteiger partial charge in [0.05, 0.1) is 5.25 Å². The zero-order valence-electron chi connectivity index (χ0n) is 7.66. The van der Waals surface area contributed by atoms with Gasteiger partial charge in [0, 0.05) is 13.0 Å². The summed E-state index contributed by atoms with van der Waals surface area (Å²) in [5, 5.41) is -0.155. The molecule has 0 aliphatic carbocycles. The number of rotatable bonds is 4. The summed E-state index contributed by atoms with van der Waals surface area (Å²) in [7, 11) is 0. The molecule has 1 fully saturated rings. The standard InChI is InChI=1S/C9H13NO2S/c1-3-5-10-8(11)6-7(9(10)12)13-4-2/h3,7H,1,4-6H2,2H3. The smallest absolute Gasteiger partial charge is 0.243 e. The van der Waals surface area contributed by atoms with Crippen molar-refractivity contribution in [1.82, 2.24) is 4.90 Å². The molecular formula is C9H13NO2S. The number of amides is 2. The molecule has 13 heavy (non-hydrogen) atoms. The minimum absolute atomic E-state index is 0.0586. The number of carbonyl (C=O) groups excluding carboxylic acids is 2. The van der Waals surface area contributed by atoms with E-state index in [1.54, 1.807) is 6.08 Å². The fraction of sp³-hybridized carbons (Fsp3) is 0.556. The molecule has 1 rings (SSSR count). The molecule has 1 unspecified atom stereocenters. The van der Waals surface area contributed by atoms with Crippen molar-refractivity contribution in [2.24, 2.45) is 0 Å². The highest BCUT2D eigenvalue weighted by Gasteiger charge is 2.37. The summed E-state index contributed by atoms with van der Waals surface area (Å²) in [5.74, 6) is 0.735. The van der Waals surface area contributed by atoms with Gasteiger partial charge in [0.25, 0.3) is 0 Å². The monoisotopic (exact) mass is 199 g/mol. The number of likely N-dealkylation sites (tertiary alicyclic amines) is 1. The predicted molar refractivity (Wildman–Crippen MR) is 53.5 cm³/mol. The summed E-state index contributed by atoms with van der Waals surface area (Å²) in [6.45, 7) is 5.84. The zero-order chi connectivity index (χ0) is 9.84. The van der Waals surface area contributed by atoms with E-state index in [0.29, 0.717) is 13.0 Å². The molecule has 1 heterocycles. The van der Waals surface area contributed by atoms with Crippen molar-refractivity contribution in [3.63, 3.8) is 0 Å². The second kappa shape index (κ2) is 4.46. The molecule has 2 amide bonds. The second-order valence-electron chi connectivity index (χ2n) is 2.78. The van der Waals surface area contributed by atoms with Crippen LogP contribution in [0.4, 0.5) is 0 Å². The normalized spacial score (nSPS) is 22.5. The van der Waals surface area contributed by atoms with Crippen molar-refractivity contribution in [2.45, 2.75) is 18.6 Å². The fourth-order valence-electron chi connectivity index (χ4n) is 1.31. The minimum atomic E-state index is -0.155. The Morgan fingerprint density at radius 1 is 1.69 bits per heavy atom. The summed E-state index contributed by atoms with van der Waals surface area (Å²) < 4.78 is 0. The lowest BCUT2D eigenvalue weighted by Gasteiger charge is -2.11. The molecule has 72 valence electrons. The molecule has 1 aliphatic rings. The maximum Gasteiger partial charge on any atom is 0.243 e. The third-order valence-corrected chi connectivity index (χ3v) is 2.99. The van der Waals surface area contributed by atoms with Gasteiger partial charge in [0.15, 0.2) is 0 Å². The topological polar surface area (TPSA) is 37.4 Å². The predicted octanol–water partition coefficient (Wildman–Crippen LogP) is 1.05. The summed E-state index contributed by atoms with van der Waals surface area (Å²) in [4.78, 5) is 24.1. The van der Waals surface area contributed by atoms with Crippen molar-refractivity contribution >= 4 is 23.6 Å². The van der Waals surface area contributed by atoms with E-state index in [-0.39, 0.29) is 17.1 Å². The van der Waals surface area contributed by atoms with Crippen molar-refractivity contribution in [3.05, 3.63) is 12.7 Å². The maximum absolute atomic E-state index is 11.5. The molecule has 0 N–H and O–H groups in total. The average molecular weight is 199 g/mol. The van der Waals surface area contributed by atoms with E-state index in [1.165, 1.54) is 16.7 Å². The summed E-state index contributed by atoms with van der Waals surface area (Å²) in [5.41, 5.74) is 0. The van der Waals surface area contributed by atoms with Crippen molar-refractivity contribution in [2.75, 3.05) is 12.3 Å². The highest BCUT2D eigenvalue weighted by Crippen LogP contribution is 2.24.